The Morgan fingerprint density at radius 2 is 1.70 bits per heavy atom. The minimum atomic E-state index is 0.836. The molecule has 0 fully saturated rings. The van der Waals surface area contributed by atoms with Crippen molar-refractivity contribution in [3.05, 3.63) is 70.4 Å². The monoisotopic (exact) mass is 283 g/mol. The summed E-state index contributed by atoms with van der Waals surface area (Å²) in [5.74, 6) is 0. The summed E-state index contributed by atoms with van der Waals surface area (Å²) in [5.41, 5.74) is 5.19. The van der Waals surface area contributed by atoms with E-state index in [1.165, 1.54) is 27.6 Å². The molecule has 0 saturated heterocycles. The molecular weight excluding hydrogens is 266 g/mol. The topological polar surface area (TPSA) is 4.93 Å². The third kappa shape index (κ3) is 2.34. The first-order valence-electron chi connectivity index (χ1n) is 6.99. The summed E-state index contributed by atoms with van der Waals surface area (Å²) in [7, 11) is 2.07. The molecule has 0 amide bonds. The lowest BCUT2D eigenvalue weighted by molar-refractivity contribution is 0.958. The fourth-order valence-electron chi connectivity index (χ4n) is 2.74. The summed E-state index contributed by atoms with van der Waals surface area (Å²) in [6, 6.07) is 14.9. The van der Waals surface area contributed by atoms with Gasteiger partial charge in [0.2, 0.25) is 0 Å². The number of aromatic nitrogens is 1. The normalized spacial score (nSPS) is 11.2. The quantitative estimate of drug-likeness (QED) is 0.638. The Bertz CT molecular complexity index is 738. The summed E-state index contributed by atoms with van der Waals surface area (Å²) < 4.78 is 2.15. The highest BCUT2D eigenvalue weighted by Gasteiger charge is 2.10. The maximum absolute atomic E-state index is 6.38. The molecular formula is C18H18ClN. The van der Waals surface area contributed by atoms with E-state index in [9.17, 15) is 0 Å². The van der Waals surface area contributed by atoms with E-state index >= 15 is 0 Å². The molecule has 0 atom stereocenters. The van der Waals surface area contributed by atoms with Gasteiger partial charge in [0, 0.05) is 24.1 Å². The smallest absolute Gasteiger partial charge is 0.0502 e. The fraction of sp³-hybridized carbons (Fsp3) is 0.222. The second-order valence-corrected chi connectivity index (χ2v) is 5.65. The molecule has 20 heavy (non-hydrogen) atoms. The third-order valence-corrected chi connectivity index (χ3v) is 4.18. The number of hydrogen-bond acceptors (Lipinski definition) is 0. The molecule has 0 aliphatic carbocycles. The number of rotatable bonds is 3. The van der Waals surface area contributed by atoms with Gasteiger partial charge in [-0.1, -0.05) is 48.9 Å². The van der Waals surface area contributed by atoms with Gasteiger partial charge in [0.05, 0.1) is 5.02 Å². The van der Waals surface area contributed by atoms with E-state index < -0.39 is 0 Å². The number of hydrogen-bond donors (Lipinski definition) is 0. The molecule has 102 valence electrons. The van der Waals surface area contributed by atoms with Gasteiger partial charge in [-0.05, 0) is 41.7 Å². The maximum atomic E-state index is 6.38. The van der Waals surface area contributed by atoms with E-state index in [0.29, 0.717) is 0 Å². The lowest BCUT2D eigenvalue weighted by Crippen LogP contribution is -1.88. The lowest BCUT2D eigenvalue weighted by Gasteiger charge is -2.03. The molecule has 2 aromatic carbocycles. The van der Waals surface area contributed by atoms with Crippen LogP contribution in [0.5, 0.6) is 0 Å². The Morgan fingerprint density at radius 1 is 1.00 bits per heavy atom. The van der Waals surface area contributed by atoms with Gasteiger partial charge in [-0.25, -0.2) is 0 Å². The number of fused-ring (bicyclic) bond motifs is 1. The molecule has 2 heteroatoms. The molecule has 0 spiro atoms. The zero-order valence-electron chi connectivity index (χ0n) is 11.9. The van der Waals surface area contributed by atoms with Crippen LogP contribution in [0.15, 0.2) is 48.7 Å². The number of halogens is 1. The average Bonchev–Trinajstić information content (AvgIpc) is 2.78. The van der Waals surface area contributed by atoms with Crippen molar-refractivity contribution in [2.75, 3.05) is 0 Å². The van der Waals surface area contributed by atoms with Crippen molar-refractivity contribution in [3.63, 3.8) is 0 Å². The molecule has 0 saturated carbocycles. The Balaban J connectivity index is 2.02. The van der Waals surface area contributed by atoms with Gasteiger partial charge in [-0.2, -0.15) is 0 Å². The zero-order valence-corrected chi connectivity index (χ0v) is 12.6. The number of benzene rings is 2. The molecule has 0 aliphatic rings. The largest absolute Gasteiger partial charge is 0.350 e. The molecule has 0 unspecified atom stereocenters. The van der Waals surface area contributed by atoms with Crippen LogP contribution in [0.2, 0.25) is 5.02 Å². The van der Waals surface area contributed by atoms with Crippen molar-refractivity contribution in [1.82, 2.24) is 4.57 Å². The average molecular weight is 284 g/mol. The van der Waals surface area contributed by atoms with Crippen LogP contribution in [0, 0.1) is 0 Å². The van der Waals surface area contributed by atoms with Crippen molar-refractivity contribution in [2.45, 2.75) is 19.8 Å². The van der Waals surface area contributed by atoms with Crippen molar-refractivity contribution >= 4 is 22.5 Å². The van der Waals surface area contributed by atoms with Crippen LogP contribution in [0.3, 0.4) is 0 Å². The summed E-state index contributed by atoms with van der Waals surface area (Å²) in [5, 5.41) is 2.01. The van der Waals surface area contributed by atoms with E-state index in [-0.39, 0.29) is 0 Å². The Morgan fingerprint density at radius 3 is 2.40 bits per heavy atom. The highest BCUT2D eigenvalue weighted by molar-refractivity contribution is 6.35. The molecule has 0 N–H and O–H groups in total. The van der Waals surface area contributed by atoms with Crippen LogP contribution in [0.4, 0.5) is 0 Å². The predicted octanol–water partition coefficient (Wildman–Crippen LogP) is 4.98. The van der Waals surface area contributed by atoms with Crippen LogP contribution in [-0.4, -0.2) is 4.57 Å². The molecule has 3 rings (SSSR count). The highest BCUT2D eigenvalue weighted by atomic mass is 35.5. The second-order valence-electron chi connectivity index (χ2n) is 5.25. The van der Waals surface area contributed by atoms with Crippen molar-refractivity contribution in [3.8, 4) is 0 Å². The van der Waals surface area contributed by atoms with Gasteiger partial charge in [0.25, 0.3) is 0 Å². The van der Waals surface area contributed by atoms with Gasteiger partial charge in [-0.3, -0.25) is 0 Å². The first kappa shape index (κ1) is 13.3. The SMILES string of the molecule is CCc1ccc(Cc2cn(C)c3cccc(Cl)c23)cc1. The summed E-state index contributed by atoms with van der Waals surface area (Å²) in [4.78, 5) is 0. The van der Waals surface area contributed by atoms with E-state index in [0.717, 1.165) is 17.9 Å². The van der Waals surface area contributed by atoms with Crippen LogP contribution in [-0.2, 0) is 19.9 Å². The van der Waals surface area contributed by atoms with Crippen LogP contribution >= 0.6 is 11.6 Å². The zero-order chi connectivity index (χ0) is 14.1. The predicted molar refractivity (Wildman–Crippen MR) is 86.6 cm³/mol. The van der Waals surface area contributed by atoms with Crippen molar-refractivity contribution in [2.24, 2.45) is 7.05 Å². The minimum absolute atomic E-state index is 0.836. The van der Waals surface area contributed by atoms with Crippen LogP contribution in [0.1, 0.15) is 23.6 Å². The number of nitrogens with zero attached hydrogens (tertiary/aromatic N) is 1. The standard InChI is InChI=1S/C18H18ClN/c1-3-13-7-9-14(10-8-13)11-15-12-20(2)17-6-4-5-16(19)18(15)17/h4-10,12H,3,11H2,1-2H3. The summed E-state index contributed by atoms with van der Waals surface area (Å²) in [6.07, 6.45) is 4.19. The third-order valence-electron chi connectivity index (χ3n) is 3.87. The van der Waals surface area contributed by atoms with Gasteiger partial charge in [-0.15, -0.1) is 0 Å². The maximum Gasteiger partial charge on any atom is 0.0502 e. The van der Waals surface area contributed by atoms with E-state index in [2.05, 4.69) is 55.1 Å². The molecule has 0 bridgehead atoms. The van der Waals surface area contributed by atoms with Crippen LogP contribution < -0.4 is 0 Å². The van der Waals surface area contributed by atoms with Gasteiger partial charge in [0.1, 0.15) is 0 Å². The summed E-state index contributed by atoms with van der Waals surface area (Å²) >= 11 is 6.38. The molecule has 3 aromatic rings. The Kier molecular flexibility index (Phi) is 3.54. The first-order valence-corrected chi connectivity index (χ1v) is 7.37. The molecule has 0 aliphatic heterocycles. The Hall–Kier alpha value is -1.73. The van der Waals surface area contributed by atoms with E-state index in [4.69, 9.17) is 11.6 Å². The fourth-order valence-corrected chi connectivity index (χ4v) is 3.03. The van der Waals surface area contributed by atoms with Gasteiger partial charge >= 0.3 is 0 Å². The lowest BCUT2D eigenvalue weighted by atomic mass is 10.0. The van der Waals surface area contributed by atoms with Crippen molar-refractivity contribution < 1.29 is 0 Å². The van der Waals surface area contributed by atoms with Crippen LogP contribution in [0.25, 0.3) is 10.9 Å². The molecule has 1 nitrogen and oxygen atoms in total. The highest BCUT2D eigenvalue weighted by Crippen LogP contribution is 2.29. The first-order chi connectivity index (χ1) is 9.69. The second kappa shape index (κ2) is 5.34. The number of aryl methyl sites for hydroxylation is 2. The molecule has 0 radical (unpaired) electrons. The van der Waals surface area contributed by atoms with E-state index in [1.807, 2.05) is 12.1 Å². The molecule has 1 heterocycles. The van der Waals surface area contributed by atoms with E-state index in [1.54, 1.807) is 0 Å². The summed E-state index contributed by atoms with van der Waals surface area (Å²) in [6.45, 7) is 2.18. The minimum Gasteiger partial charge on any atom is -0.350 e. The van der Waals surface area contributed by atoms with Crippen molar-refractivity contribution in [1.29, 1.82) is 0 Å². The molecule has 1 aromatic heterocycles. The Labute approximate surface area is 124 Å². The van der Waals surface area contributed by atoms with Gasteiger partial charge in [0.15, 0.2) is 0 Å². The van der Waals surface area contributed by atoms with Gasteiger partial charge < -0.3 is 4.57 Å².